The molecule has 2 heteroatoms. The van der Waals surface area contributed by atoms with Crippen LogP contribution in [0.1, 0.15) is 221 Å². The van der Waals surface area contributed by atoms with Gasteiger partial charge in [-0.3, -0.25) is 4.79 Å². The first-order valence-electron chi connectivity index (χ1n) is 19.2. The number of carbonyl (C=O) groups is 1. The standard InChI is InChI=1S/C39H78OS/c1-7-13-16-19-22-25-28-31-35(10-4)34-39(38(40)41,36(11-5)32-29-26-23-20-17-14-8-2)37(12-6)33-30-27-24-21-18-15-9-3/h35-37H,7-34H2,1-6H3,(H,40,41). The molecule has 3 atom stereocenters. The average molecular weight is 595 g/mol. The van der Waals surface area contributed by atoms with Gasteiger partial charge in [-0.05, 0) is 37.0 Å². The van der Waals surface area contributed by atoms with Crippen LogP contribution in [0.2, 0.25) is 0 Å². The summed E-state index contributed by atoms with van der Waals surface area (Å²) in [6.07, 6.45) is 36.8. The third kappa shape index (κ3) is 18.4. The van der Waals surface area contributed by atoms with Crippen molar-refractivity contribution in [1.82, 2.24) is 0 Å². The van der Waals surface area contributed by atoms with E-state index in [4.69, 9.17) is 12.6 Å². The van der Waals surface area contributed by atoms with E-state index in [0.717, 1.165) is 19.3 Å². The molecule has 246 valence electrons. The minimum absolute atomic E-state index is 0.236. The Balaban J connectivity index is 5.53. The minimum atomic E-state index is -0.237. The molecule has 0 saturated carbocycles. The zero-order valence-corrected chi connectivity index (χ0v) is 30.3. The summed E-state index contributed by atoms with van der Waals surface area (Å²) in [5.74, 6) is 1.63. The maximum absolute atomic E-state index is 13.9. The lowest BCUT2D eigenvalue weighted by atomic mass is 9.58. The first-order chi connectivity index (χ1) is 20.0. The van der Waals surface area contributed by atoms with E-state index >= 15 is 0 Å². The van der Waals surface area contributed by atoms with Crippen molar-refractivity contribution in [3.05, 3.63) is 0 Å². The van der Waals surface area contributed by atoms with Gasteiger partial charge in [-0.1, -0.05) is 202 Å². The molecule has 0 aliphatic heterocycles. The van der Waals surface area contributed by atoms with E-state index < -0.39 is 0 Å². The normalized spacial score (nSPS) is 15.5. The van der Waals surface area contributed by atoms with E-state index in [2.05, 4.69) is 41.5 Å². The van der Waals surface area contributed by atoms with Crippen LogP contribution in [0, 0.1) is 23.2 Å². The number of hydrogen-bond donors (Lipinski definition) is 1. The number of rotatable bonds is 32. The third-order valence-corrected chi connectivity index (χ3v) is 11.0. The summed E-state index contributed by atoms with van der Waals surface area (Å²) in [5.41, 5.74) is -0.237. The molecule has 0 N–H and O–H groups in total. The molecule has 0 aromatic heterocycles. The van der Waals surface area contributed by atoms with Gasteiger partial charge >= 0.3 is 0 Å². The molecule has 0 heterocycles. The van der Waals surface area contributed by atoms with Gasteiger partial charge in [0.1, 0.15) is 0 Å². The Morgan fingerprint density at radius 3 is 1.07 bits per heavy atom. The fraction of sp³-hybridized carbons (Fsp3) is 0.974. The van der Waals surface area contributed by atoms with Gasteiger partial charge in [0, 0.05) is 5.41 Å². The molecule has 0 fully saturated rings. The monoisotopic (exact) mass is 595 g/mol. The SMILES string of the molecule is CCCCCCCCCC(CC)CC(C(=O)S)(C(CC)CCCCCCCCC)C(CC)CCCCCCCCC. The highest BCUT2D eigenvalue weighted by Crippen LogP contribution is 2.51. The molecular weight excluding hydrogens is 516 g/mol. The molecule has 0 aliphatic carbocycles. The number of thiol groups is 1. The molecule has 0 aromatic carbocycles. The van der Waals surface area contributed by atoms with Gasteiger partial charge < -0.3 is 0 Å². The molecule has 0 bridgehead atoms. The van der Waals surface area contributed by atoms with Crippen molar-refractivity contribution in [2.75, 3.05) is 0 Å². The Bertz CT molecular complexity index is 532. The summed E-state index contributed by atoms with van der Waals surface area (Å²) < 4.78 is 0. The summed E-state index contributed by atoms with van der Waals surface area (Å²) in [5, 5.41) is 0.236. The van der Waals surface area contributed by atoms with Crippen LogP contribution < -0.4 is 0 Å². The molecular formula is C39H78OS. The predicted molar refractivity (Wildman–Crippen MR) is 190 cm³/mol. The second-order valence-corrected chi connectivity index (χ2v) is 14.2. The van der Waals surface area contributed by atoms with Crippen LogP contribution in [0.5, 0.6) is 0 Å². The van der Waals surface area contributed by atoms with Crippen molar-refractivity contribution in [3.8, 4) is 0 Å². The number of hydrogen-bond acceptors (Lipinski definition) is 1. The summed E-state index contributed by atoms with van der Waals surface area (Å²) in [4.78, 5) is 13.9. The number of unbranched alkanes of at least 4 members (excludes halogenated alkanes) is 18. The van der Waals surface area contributed by atoms with Crippen molar-refractivity contribution >= 4 is 17.7 Å². The second-order valence-electron chi connectivity index (χ2n) is 13.8. The zero-order valence-electron chi connectivity index (χ0n) is 29.4. The maximum Gasteiger partial charge on any atom is 0.192 e. The van der Waals surface area contributed by atoms with E-state index in [1.165, 1.54) is 161 Å². The van der Waals surface area contributed by atoms with Crippen molar-refractivity contribution < 1.29 is 4.79 Å². The van der Waals surface area contributed by atoms with Crippen LogP contribution in [-0.2, 0) is 4.79 Å². The lowest BCUT2D eigenvalue weighted by molar-refractivity contribution is -0.130. The highest BCUT2D eigenvalue weighted by atomic mass is 32.1. The lowest BCUT2D eigenvalue weighted by Gasteiger charge is -2.46. The van der Waals surface area contributed by atoms with Crippen LogP contribution in [0.25, 0.3) is 0 Å². The average Bonchev–Trinajstić information content (AvgIpc) is 2.97. The van der Waals surface area contributed by atoms with Crippen molar-refractivity contribution in [1.29, 1.82) is 0 Å². The van der Waals surface area contributed by atoms with Crippen molar-refractivity contribution in [2.24, 2.45) is 23.2 Å². The fourth-order valence-electron chi connectivity index (χ4n) is 7.77. The van der Waals surface area contributed by atoms with Crippen LogP contribution in [-0.4, -0.2) is 5.12 Å². The summed E-state index contributed by atoms with van der Waals surface area (Å²) in [6.45, 7) is 14.0. The highest BCUT2D eigenvalue weighted by Gasteiger charge is 2.48. The summed E-state index contributed by atoms with van der Waals surface area (Å²) in [7, 11) is 0. The van der Waals surface area contributed by atoms with Gasteiger partial charge in [-0.15, -0.1) is 12.6 Å². The van der Waals surface area contributed by atoms with Crippen LogP contribution in [0.3, 0.4) is 0 Å². The first kappa shape index (κ1) is 41.0. The molecule has 0 amide bonds. The Morgan fingerprint density at radius 1 is 0.463 bits per heavy atom. The molecule has 0 spiro atoms. The van der Waals surface area contributed by atoms with Crippen LogP contribution in [0.4, 0.5) is 0 Å². The van der Waals surface area contributed by atoms with Crippen LogP contribution >= 0.6 is 12.6 Å². The molecule has 0 saturated heterocycles. The third-order valence-electron chi connectivity index (χ3n) is 10.6. The van der Waals surface area contributed by atoms with Gasteiger partial charge in [-0.25, -0.2) is 0 Å². The number of carbonyl (C=O) groups excluding carboxylic acids is 1. The lowest BCUT2D eigenvalue weighted by Crippen LogP contribution is -2.45. The van der Waals surface area contributed by atoms with Crippen molar-refractivity contribution in [2.45, 2.75) is 221 Å². The van der Waals surface area contributed by atoms with E-state index in [1.54, 1.807) is 0 Å². The van der Waals surface area contributed by atoms with E-state index in [1.807, 2.05) is 0 Å². The summed E-state index contributed by atoms with van der Waals surface area (Å²) in [6, 6.07) is 0. The molecule has 1 nitrogen and oxygen atoms in total. The first-order valence-corrected chi connectivity index (χ1v) is 19.7. The Labute approximate surface area is 266 Å². The van der Waals surface area contributed by atoms with E-state index in [0.29, 0.717) is 17.8 Å². The van der Waals surface area contributed by atoms with Crippen LogP contribution in [0.15, 0.2) is 0 Å². The quantitative estimate of drug-likeness (QED) is 0.0605. The summed E-state index contributed by atoms with van der Waals surface area (Å²) >= 11 is 4.80. The Morgan fingerprint density at radius 2 is 0.780 bits per heavy atom. The van der Waals surface area contributed by atoms with Crippen molar-refractivity contribution in [3.63, 3.8) is 0 Å². The van der Waals surface area contributed by atoms with Gasteiger partial charge in [0.15, 0.2) is 5.12 Å². The molecule has 0 aliphatic rings. The molecule has 0 radical (unpaired) electrons. The predicted octanol–water partition coefficient (Wildman–Crippen LogP) is 14.3. The molecule has 41 heavy (non-hydrogen) atoms. The van der Waals surface area contributed by atoms with Gasteiger partial charge in [0.05, 0.1) is 0 Å². The maximum atomic E-state index is 13.9. The molecule has 0 aromatic rings. The zero-order chi connectivity index (χ0) is 30.6. The molecule has 3 unspecified atom stereocenters. The highest BCUT2D eigenvalue weighted by molar-refractivity contribution is 7.96. The Hall–Kier alpha value is 0.0200. The van der Waals surface area contributed by atoms with Gasteiger partial charge in [-0.2, -0.15) is 0 Å². The smallest absolute Gasteiger partial charge is 0.192 e. The largest absolute Gasteiger partial charge is 0.287 e. The fourth-order valence-corrected chi connectivity index (χ4v) is 8.23. The topological polar surface area (TPSA) is 17.1 Å². The Kier molecular flexibility index (Phi) is 28.8. The van der Waals surface area contributed by atoms with Gasteiger partial charge in [0.2, 0.25) is 0 Å². The molecule has 0 rings (SSSR count). The van der Waals surface area contributed by atoms with E-state index in [-0.39, 0.29) is 10.5 Å². The second kappa shape index (κ2) is 28.8. The minimum Gasteiger partial charge on any atom is -0.287 e. The van der Waals surface area contributed by atoms with E-state index in [9.17, 15) is 4.79 Å². The van der Waals surface area contributed by atoms with Gasteiger partial charge in [0.25, 0.3) is 0 Å².